The average Bonchev–Trinajstić information content (AvgIpc) is 2.83. The number of ether oxygens (including phenoxy) is 1. The van der Waals surface area contributed by atoms with Gasteiger partial charge in [0.05, 0.1) is 19.8 Å². The van der Waals surface area contributed by atoms with E-state index < -0.39 is 0 Å². The summed E-state index contributed by atoms with van der Waals surface area (Å²) >= 11 is 0. The Balaban J connectivity index is 2.13. The van der Waals surface area contributed by atoms with Gasteiger partial charge < -0.3 is 19.7 Å². The van der Waals surface area contributed by atoms with E-state index in [9.17, 15) is 5.11 Å². The molecular formula is C17H21N3O2. The number of hydrogen-bond donors (Lipinski definition) is 2. The van der Waals surface area contributed by atoms with Crippen LogP contribution in [0.2, 0.25) is 0 Å². The van der Waals surface area contributed by atoms with Crippen LogP contribution in [0.5, 0.6) is 5.75 Å². The lowest BCUT2D eigenvalue weighted by Crippen LogP contribution is -2.24. The van der Waals surface area contributed by atoms with Crippen molar-refractivity contribution in [2.24, 2.45) is 7.05 Å². The van der Waals surface area contributed by atoms with Gasteiger partial charge in [-0.05, 0) is 36.2 Å². The Kier molecular flexibility index (Phi) is 5.21. The third kappa shape index (κ3) is 3.30. The van der Waals surface area contributed by atoms with Crippen LogP contribution < -0.4 is 10.1 Å². The van der Waals surface area contributed by atoms with Crippen LogP contribution in [0.1, 0.15) is 28.6 Å². The summed E-state index contributed by atoms with van der Waals surface area (Å²) in [6, 6.07) is 11.5. The van der Waals surface area contributed by atoms with Gasteiger partial charge in [-0.2, -0.15) is 5.26 Å². The first-order valence-corrected chi connectivity index (χ1v) is 7.14. The highest BCUT2D eigenvalue weighted by Crippen LogP contribution is 2.20. The molecule has 0 amide bonds. The van der Waals surface area contributed by atoms with Gasteiger partial charge >= 0.3 is 0 Å². The molecule has 2 rings (SSSR count). The maximum absolute atomic E-state index is 9.64. The molecule has 0 bridgehead atoms. The van der Waals surface area contributed by atoms with Crippen molar-refractivity contribution in [2.75, 3.05) is 13.7 Å². The molecule has 5 nitrogen and oxygen atoms in total. The number of benzene rings is 1. The minimum absolute atomic E-state index is 0.00977. The lowest BCUT2D eigenvalue weighted by Gasteiger charge is -2.17. The Bertz CT molecular complexity index is 686. The fourth-order valence-corrected chi connectivity index (χ4v) is 2.43. The molecular weight excluding hydrogens is 278 g/mol. The molecule has 0 aliphatic rings. The van der Waals surface area contributed by atoms with Crippen LogP contribution in [0.4, 0.5) is 0 Å². The number of aromatic nitrogens is 1. The highest BCUT2D eigenvalue weighted by molar-refractivity contribution is 5.35. The van der Waals surface area contributed by atoms with E-state index in [-0.39, 0.29) is 12.6 Å². The first-order valence-electron chi connectivity index (χ1n) is 7.14. The second kappa shape index (κ2) is 7.12. The molecule has 2 N–H and O–H groups in total. The number of aliphatic hydroxyl groups is 1. The second-order valence-corrected chi connectivity index (χ2v) is 5.20. The lowest BCUT2D eigenvalue weighted by molar-refractivity contribution is 0.243. The number of nitrogens with one attached hydrogen (secondary N) is 1. The molecule has 1 heterocycles. The minimum atomic E-state index is -0.180. The molecule has 1 atom stereocenters. The Morgan fingerprint density at radius 1 is 1.41 bits per heavy atom. The minimum Gasteiger partial charge on any atom is -0.497 e. The van der Waals surface area contributed by atoms with Gasteiger partial charge in [0, 0.05) is 19.3 Å². The highest BCUT2D eigenvalue weighted by atomic mass is 16.5. The predicted octanol–water partition coefficient (Wildman–Crippen LogP) is 2.04. The number of rotatable bonds is 6. The van der Waals surface area contributed by atoms with Crippen molar-refractivity contribution in [3.05, 3.63) is 52.8 Å². The summed E-state index contributed by atoms with van der Waals surface area (Å²) in [7, 11) is 3.50. The molecule has 0 aliphatic carbocycles. The molecule has 0 radical (unpaired) electrons. The number of aliphatic hydroxyl groups excluding tert-OH is 1. The standard InChI is InChI=1S/C17H21N3O2/c1-12-14(7-15(9-18)20(12)2)10-19-17(11-21)13-5-4-6-16(8-13)22-3/h4-8,17,19,21H,10-11H2,1-3H3. The van der Waals surface area contributed by atoms with Crippen molar-refractivity contribution in [2.45, 2.75) is 19.5 Å². The van der Waals surface area contributed by atoms with E-state index in [0.717, 1.165) is 22.6 Å². The Hall–Kier alpha value is -2.29. The van der Waals surface area contributed by atoms with Crippen LogP contribution in [0.15, 0.2) is 30.3 Å². The molecule has 2 aromatic rings. The van der Waals surface area contributed by atoms with Crippen LogP contribution >= 0.6 is 0 Å². The summed E-state index contributed by atoms with van der Waals surface area (Å²) in [6.07, 6.45) is 0. The first-order chi connectivity index (χ1) is 10.6. The molecule has 116 valence electrons. The molecule has 0 fully saturated rings. The molecule has 0 saturated carbocycles. The maximum Gasteiger partial charge on any atom is 0.120 e. The summed E-state index contributed by atoms with van der Waals surface area (Å²) in [4.78, 5) is 0. The maximum atomic E-state index is 9.64. The Labute approximate surface area is 130 Å². The zero-order valence-electron chi connectivity index (χ0n) is 13.1. The van der Waals surface area contributed by atoms with Crippen LogP contribution in [-0.4, -0.2) is 23.4 Å². The van der Waals surface area contributed by atoms with E-state index in [2.05, 4.69) is 11.4 Å². The van der Waals surface area contributed by atoms with E-state index in [1.54, 1.807) is 7.11 Å². The Morgan fingerprint density at radius 2 is 2.18 bits per heavy atom. The van der Waals surface area contributed by atoms with Crippen LogP contribution in [-0.2, 0) is 13.6 Å². The monoisotopic (exact) mass is 299 g/mol. The number of hydrogen-bond acceptors (Lipinski definition) is 4. The van der Waals surface area contributed by atoms with Crippen molar-refractivity contribution >= 4 is 0 Å². The van der Waals surface area contributed by atoms with Crippen molar-refractivity contribution < 1.29 is 9.84 Å². The largest absolute Gasteiger partial charge is 0.497 e. The van der Waals surface area contributed by atoms with Gasteiger partial charge in [0.2, 0.25) is 0 Å². The first kappa shape index (κ1) is 16.1. The summed E-state index contributed by atoms with van der Waals surface area (Å²) in [5.74, 6) is 0.764. The van der Waals surface area contributed by atoms with Gasteiger partial charge in [-0.1, -0.05) is 12.1 Å². The topological polar surface area (TPSA) is 70.2 Å². The van der Waals surface area contributed by atoms with Crippen LogP contribution in [0.25, 0.3) is 0 Å². The van der Waals surface area contributed by atoms with E-state index >= 15 is 0 Å². The van der Waals surface area contributed by atoms with E-state index in [0.29, 0.717) is 12.2 Å². The fourth-order valence-electron chi connectivity index (χ4n) is 2.43. The van der Waals surface area contributed by atoms with E-state index in [1.807, 2.05) is 48.9 Å². The zero-order valence-corrected chi connectivity index (χ0v) is 13.1. The number of nitrogens with zero attached hydrogens (tertiary/aromatic N) is 2. The normalized spacial score (nSPS) is 12.0. The fraction of sp³-hybridized carbons (Fsp3) is 0.353. The van der Waals surface area contributed by atoms with Gasteiger partial charge in [0.25, 0.3) is 0 Å². The third-order valence-electron chi connectivity index (χ3n) is 3.97. The summed E-state index contributed by atoms with van der Waals surface area (Å²) in [5.41, 5.74) is 3.71. The quantitative estimate of drug-likeness (QED) is 0.856. The Morgan fingerprint density at radius 3 is 2.77 bits per heavy atom. The van der Waals surface area contributed by atoms with E-state index in [1.165, 1.54) is 0 Å². The van der Waals surface area contributed by atoms with Gasteiger partial charge in [-0.15, -0.1) is 0 Å². The zero-order chi connectivity index (χ0) is 16.1. The number of nitriles is 1. The molecule has 1 unspecified atom stereocenters. The molecule has 5 heteroatoms. The number of methoxy groups -OCH3 is 1. The molecule has 1 aromatic carbocycles. The smallest absolute Gasteiger partial charge is 0.120 e. The molecule has 0 saturated heterocycles. The predicted molar refractivity (Wildman–Crippen MR) is 84.5 cm³/mol. The van der Waals surface area contributed by atoms with E-state index in [4.69, 9.17) is 10.00 Å². The molecule has 22 heavy (non-hydrogen) atoms. The van der Waals surface area contributed by atoms with Gasteiger partial charge in [-0.25, -0.2) is 0 Å². The molecule has 0 aliphatic heterocycles. The van der Waals surface area contributed by atoms with Crippen molar-refractivity contribution in [3.63, 3.8) is 0 Å². The van der Waals surface area contributed by atoms with Crippen molar-refractivity contribution in [1.82, 2.24) is 9.88 Å². The van der Waals surface area contributed by atoms with Crippen molar-refractivity contribution in [1.29, 1.82) is 5.26 Å². The SMILES string of the molecule is COc1cccc(C(CO)NCc2cc(C#N)n(C)c2C)c1. The van der Waals surface area contributed by atoms with Crippen LogP contribution in [0.3, 0.4) is 0 Å². The van der Waals surface area contributed by atoms with Crippen LogP contribution in [0, 0.1) is 18.3 Å². The van der Waals surface area contributed by atoms with Crippen molar-refractivity contribution in [3.8, 4) is 11.8 Å². The summed E-state index contributed by atoms with van der Waals surface area (Å²) in [6.45, 7) is 2.56. The molecule has 0 spiro atoms. The third-order valence-corrected chi connectivity index (χ3v) is 3.97. The second-order valence-electron chi connectivity index (χ2n) is 5.20. The van der Waals surface area contributed by atoms with Gasteiger partial charge in [-0.3, -0.25) is 0 Å². The summed E-state index contributed by atoms with van der Waals surface area (Å²) in [5, 5.41) is 22.0. The highest BCUT2D eigenvalue weighted by Gasteiger charge is 2.13. The van der Waals surface area contributed by atoms with Gasteiger partial charge in [0.1, 0.15) is 17.5 Å². The van der Waals surface area contributed by atoms with Gasteiger partial charge in [0.15, 0.2) is 0 Å². The summed E-state index contributed by atoms with van der Waals surface area (Å²) < 4.78 is 7.09. The lowest BCUT2D eigenvalue weighted by atomic mass is 10.1. The average molecular weight is 299 g/mol. The molecule has 1 aromatic heterocycles.